The van der Waals surface area contributed by atoms with E-state index in [-0.39, 0.29) is 17.9 Å². The van der Waals surface area contributed by atoms with Crippen molar-refractivity contribution in [3.63, 3.8) is 0 Å². The molecule has 0 radical (unpaired) electrons. The number of carbonyl (C=O) groups is 3. The number of urea groups is 1. The van der Waals surface area contributed by atoms with Crippen LogP contribution >= 0.6 is 0 Å². The van der Waals surface area contributed by atoms with Gasteiger partial charge in [-0.15, -0.1) is 0 Å². The fourth-order valence-electron chi connectivity index (χ4n) is 5.18. The topological polar surface area (TPSA) is 117 Å². The molecule has 9 nitrogen and oxygen atoms in total. The number of anilines is 1. The minimum Gasteiger partial charge on any atom is -0.339 e. The first-order valence-corrected chi connectivity index (χ1v) is 10.4. The maximum absolute atomic E-state index is 13.2. The molecule has 1 aromatic heterocycles. The van der Waals surface area contributed by atoms with Crippen molar-refractivity contribution in [3.8, 4) is 11.4 Å². The number of aryl methyl sites for hydroxylation is 1. The molecular formula is C22H27N5O4. The third-order valence-electron chi connectivity index (χ3n) is 5.90. The second-order valence-electron chi connectivity index (χ2n) is 9.49. The molecule has 4 amide bonds. The van der Waals surface area contributed by atoms with Crippen LogP contribution in [0.2, 0.25) is 0 Å². The summed E-state index contributed by atoms with van der Waals surface area (Å²) in [7, 11) is 0. The fraction of sp³-hybridized carbons (Fsp3) is 0.500. The molecule has 1 spiro atoms. The van der Waals surface area contributed by atoms with Crippen LogP contribution in [0.15, 0.2) is 28.8 Å². The van der Waals surface area contributed by atoms with E-state index in [2.05, 4.69) is 41.5 Å². The number of hydrogen-bond donors (Lipinski definition) is 2. The summed E-state index contributed by atoms with van der Waals surface area (Å²) in [4.78, 5) is 43.8. The van der Waals surface area contributed by atoms with Crippen molar-refractivity contribution in [3.05, 3.63) is 30.2 Å². The summed E-state index contributed by atoms with van der Waals surface area (Å²) in [5.74, 6) is 0.254. The van der Waals surface area contributed by atoms with Gasteiger partial charge in [0.2, 0.25) is 17.6 Å². The van der Waals surface area contributed by atoms with Gasteiger partial charge in [-0.1, -0.05) is 38.1 Å². The van der Waals surface area contributed by atoms with Crippen molar-refractivity contribution < 1.29 is 18.9 Å². The number of benzene rings is 1. The molecule has 9 heteroatoms. The molecule has 2 atom stereocenters. The molecule has 2 N–H and O–H groups in total. The average molecular weight is 425 g/mol. The Morgan fingerprint density at radius 2 is 2.03 bits per heavy atom. The number of carbonyl (C=O) groups excluding carboxylic acids is 3. The number of nitrogens with one attached hydrogen (secondary N) is 2. The summed E-state index contributed by atoms with van der Waals surface area (Å²) in [6.45, 7) is 7.62. The van der Waals surface area contributed by atoms with E-state index < -0.39 is 17.5 Å². The fourth-order valence-corrected chi connectivity index (χ4v) is 5.18. The second-order valence-corrected chi connectivity index (χ2v) is 9.49. The van der Waals surface area contributed by atoms with Crippen molar-refractivity contribution in [1.82, 2.24) is 20.4 Å². The lowest BCUT2D eigenvalue weighted by molar-refractivity contribution is -0.136. The van der Waals surface area contributed by atoms with E-state index in [1.807, 2.05) is 0 Å². The Kier molecular flexibility index (Phi) is 5.07. The first kappa shape index (κ1) is 21.0. The number of hydrogen-bond acceptors (Lipinski definition) is 6. The van der Waals surface area contributed by atoms with E-state index in [1.54, 1.807) is 31.2 Å². The zero-order chi connectivity index (χ0) is 22.4. The molecule has 1 aliphatic carbocycles. The van der Waals surface area contributed by atoms with E-state index in [1.165, 1.54) is 0 Å². The molecule has 31 heavy (non-hydrogen) atoms. The van der Waals surface area contributed by atoms with E-state index in [9.17, 15) is 14.4 Å². The lowest BCUT2D eigenvalue weighted by Gasteiger charge is -2.43. The van der Waals surface area contributed by atoms with E-state index in [4.69, 9.17) is 4.52 Å². The van der Waals surface area contributed by atoms with Crippen LogP contribution in [0.25, 0.3) is 11.4 Å². The van der Waals surface area contributed by atoms with Crippen LogP contribution in [0.3, 0.4) is 0 Å². The smallest absolute Gasteiger partial charge is 0.325 e. The summed E-state index contributed by atoms with van der Waals surface area (Å²) in [5, 5.41) is 9.55. The highest BCUT2D eigenvalue weighted by molar-refractivity contribution is 6.10. The lowest BCUT2D eigenvalue weighted by Crippen LogP contribution is -2.54. The second kappa shape index (κ2) is 7.47. The molecular weight excluding hydrogens is 398 g/mol. The normalized spacial score (nSPS) is 25.0. The first-order valence-electron chi connectivity index (χ1n) is 10.4. The number of rotatable bonds is 4. The van der Waals surface area contributed by atoms with Gasteiger partial charge in [-0.25, -0.2) is 4.79 Å². The molecule has 1 saturated heterocycles. The van der Waals surface area contributed by atoms with Crippen LogP contribution < -0.4 is 10.6 Å². The van der Waals surface area contributed by atoms with Crippen molar-refractivity contribution in [2.24, 2.45) is 11.3 Å². The van der Waals surface area contributed by atoms with Crippen LogP contribution in [0.4, 0.5) is 10.5 Å². The molecule has 164 valence electrons. The van der Waals surface area contributed by atoms with Gasteiger partial charge in [0.25, 0.3) is 5.91 Å². The number of imide groups is 1. The highest BCUT2D eigenvalue weighted by atomic mass is 16.5. The summed E-state index contributed by atoms with van der Waals surface area (Å²) < 4.78 is 5.02. The largest absolute Gasteiger partial charge is 0.339 e. The van der Waals surface area contributed by atoms with Crippen molar-refractivity contribution >= 4 is 23.5 Å². The molecule has 1 aliphatic heterocycles. The zero-order valence-corrected chi connectivity index (χ0v) is 18.2. The number of amides is 4. The Labute approximate surface area is 180 Å². The number of para-hydroxylation sites is 1. The van der Waals surface area contributed by atoms with Crippen LogP contribution in [-0.4, -0.2) is 45.0 Å². The highest BCUT2D eigenvalue weighted by Gasteiger charge is 2.56. The maximum atomic E-state index is 13.2. The molecule has 2 aliphatic rings. The van der Waals surface area contributed by atoms with Gasteiger partial charge in [0.1, 0.15) is 12.1 Å². The summed E-state index contributed by atoms with van der Waals surface area (Å²) in [5.41, 5.74) is 0.0609. The Bertz CT molecular complexity index is 1050. The van der Waals surface area contributed by atoms with Crippen molar-refractivity contribution in [2.45, 2.75) is 52.5 Å². The van der Waals surface area contributed by atoms with Gasteiger partial charge in [0.05, 0.1) is 5.69 Å². The SMILES string of the molecule is Cc1nc(-c2ccccc2NC(=O)CN2C(=O)NC3(CC(C)CC(C)(C)C3)C2=O)no1. The number of aromatic nitrogens is 2. The molecule has 0 bridgehead atoms. The predicted octanol–water partition coefficient (Wildman–Crippen LogP) is 3.12. The quantitative estimate of drug-likeness (QED) is 0.727. The van der Waals surface area contributed by atoms with Gasteiger partial charge in [0.15, 0.2) is 0 Å². The van der Waals surface area contributed by atoms with Crippen LogP contribution in [0, 0.1) is 18.3 Å². The molecule has 1 saturated carbocycles. The van der Waals surface area contributed by atoms with Gasteiger partial charge >= 0.3 is 6.03 Å². The highest BCUT2D eigenvalue weighted by Crippen LogP contribution is 2.46. The van der Waals surface area contributed by atoms with E-state index in [0.717, 1.165) is 11.3 Å². The Balaban J connectivity index is 1.50. The van der Waals surface area contributed by atoms with Gasteiger partial charge in [-0.3, -0.25) is 14.5 Å². The minimum absolute atomic E-state index is 0.0689. The molecule has 2 aromatic rings. The molecule has 2 heterocycles. The predicted molar refractivity (Wildman–Crippen MR) is 113 cm³/mol. The van der Waals surface area contributed by atoms with Gasteiger partial charge < -0.3 is 15.2 Å². The molecule has 2 fully saturated rings. The standard InChI is InChI=1S/C22H27N5O4/c1-13-9-21(3,4)12-22(10-13)19(29)27(20(30)25-22)11-17(28)24-16-8-6-5-7-15(16)18-23-14(2)31-26-18/h5-8,13H,9-12H2,1-4H3,(H,24,28)(H,25,30). The van der Waals surface area contributed by atoms with Gasteiger partial charge in [0, 0.05) is 12.5 Å². The summed E-state index contributed by atoms with van der Waals surface area (Å²) >= 11 is 0. The Morgan fingerprint density at radius 3 is 2.71 bits per heavy atom. The molecule has 2 unspecified atom stereocenters. The van der Waals surface area contributed by atoms with E-state index in [0.29, 0.717) is 41.7 Å². The third-order valence-corrected chi connectivity index (χ3v) is 5.90. The summed E-state index contributed by atoms with van der Waals surface area (Å²) in [6, 6.07) is 6.50. The number of nitrogens with zero attached hydrogens (tertiary/aromatic N) is 3. The van der Waals surface area contributed by atoms with Crippen molar-refractivity contribution in [1.29, 1.82) is 0 Å². The Morgan fingerprint density at radius 1 is 1.29 bits per heavy atom. The zero-order valence-electron chi connectivity index (χ0n) is 18.2. The van der Waals surface area contributed by atoms with Crippen LogP contribution in [0.1, 0.15) is 45.9 Å². The van der Waals surface area contributed by atoms with Gasteiger partial charge in [-0.05, 0) is 42.7 Å². The van der Waals surface area contributed by atoms with Gasteiger partial charge in [-0.2, -0.15) is 4.98 Å². The third kappa shape index (κ3) is 4.04. The maximum Gasteiger partial charge on any atom is 0.325 e. The monoisotopic (exact) mass is 425 g/mol. The summed E-state index contributed by atoms with van der Waals surface area (Å²) in [6.07, 6.45) is 2.14. The Hall–Kier alpha value is -3.23. The van der Waals surface area contributed by atoms with Crippen LogP contribution in [-0.2, 0) is 9.59 Å². The molecule has 1 aromatic carbocycles. The minimum atomic E-state index is -0.932. The lowest BCUT2D eigenvalue weighted by atomic mass is 9.64. The van der Waals surface area contributed by atoms with Crippen molar-refractivity contribution in [2.75, 3.05) is 11.9 Å². The van der Waals surface area contributed by atoms with Crippen LogP contribution in [0.5, 0.6) is 0 Å². The first-order chi connectivity index (χ1) is 14.6. The molecule has 4 rings (SSSR count). The average Bonchev–Trinajstić information content (AvgIpc) is 3.18. The van der Waals surface area contributed by atoms with E-state index >= 15 is 0 Å².